The van der Waals surface area contributed by atoms with Gasteiger partial charge in [0.15, 0.2) is 11.6 Å². The van der Waals surface area contributed by atoms with Crippen molar-refractivity contribution < 1.29 is 22.3 Å². The highest BCUT2D eigenvalue weighted by Gasteiger charge is 2.24. The average molecular weight is 352 g/mol. The van der Waals surface area contributed by atoms with Crippen molar-refractivity contribution >= 4 is 20.7 Å². The molecule has 0 bridgehead atoms. The minimum Gasteiger partial charge on any atom is -0.386 e. The Labute approximate surface area is 136 Å². The number of sulfone groups is 1. The molecular weight excluding hydrogens is 338 g/mol. The van der Waals surface area contributed by atoms with Crippen LogP contribution in [0.2, 0.25) is 0 Å². The van der Waals surface area contributed by atoms with Crippen LogP contribution in [0.25, 0.3) is 22.2 Å². The number of hydrogen-bond donors (Lipinski definition) is 2. The number of H-pyrrole nitrogens is 1. The number of halogens is 2. The Kier molecular flexibility index (Phi) is 4.10. The summed E-state index contributed by atoms with van der Waals surface area (Å²) >= 11 is 0. The first-order valence-electron chi connectivity index (χ1n) is 7.04. The van der Waals surface area contributed by atoms with Crippen molar-refractivity contribution in [2.24, 2.45) is 0 Å². The first-order chi connectivity index (χ1) is 11.3. The quantitative estimate of drug-likeness (QED) is 0.756. The molecule has 0 radical (unpaired) electrons. The van der Waals surface area contributed by atoms with Crippen LogP contribution < -0.4 is 0 Å². The van der Waals surface area contributed by atoms with Crippen molar-refractivity contribution in [3.8, 4) is 11.3 Å². The monoisotopic (exact) mass is 352 g/mol. The number of hydrogen-bond acceptors (Lipinski definition) is 4. The standard InChI is InChI=1S/C16H14F2N2O3S/c1-24(22,23)8-14(21)16-15(12-4-2-3-5-19-12)9-6-10(17)11(18)7-13(9)20-16/h2-7,14,20-21H,8H2,1H3. The van der Waals surface area contributed by atoms with Crippen LogP contribution >= 0.6 is 0 Å². The molecule has 3 aromatic rings. The lowest BCUT2D eigenvalue weighted by atomic mass is 10.0. The molecule has 1 unspecified atom stereocenters. The van der Waals surface area contributed by atoms with Crippen LogP contribution in [0.15, 0.2) is 36.5 Å². The van der Waals surface area contributed by atoms with Gasteiger partial charge < -0.3 is 10.1 Å². The molecule has 0 aliphatic heterocycles. The highest BCUT2D eigenvalue weighted by molar-refractivity contribution is 7.90. The molecular formula is C16H14F2N2O3S. The highest BCUT2D eigenvalue weighted by atomic mass is 32.2. The molecule has 0 saturated carbocycles. The van der Waals surface area contributed by atoms with E-state index in [0.717, 1.165) is 18.4 Å². The second-order valence-electron chi connectivity index (χ2n) is 5.55. The van der Waals surface area contributed by atoms with Crippen LogP contribution in [0.5, 0.6) is 0 Å². The van der Waals surface area contributed by atoms with Gasteiger partial charge in [0.25, 0.3) is 0 Å². The van der Waals surface area contributed by atoms with Crippen molar-refractivity contribution in [1.29, 1.82) is 0 Å². The Morgan fingerprint density at radius 2 is 1.96 bits per heavy atom. The van der Waals surface area contributed by atoms with Crippen molar-refractivity contribution in [1.82, 2.24) is 9.97 Å². The Morgan fingerprint density at radius 3 is 2.58 bits per heavy atom. The predicted molar refractivity (Wildman–Crippen MR) is 86.1 cm³/mol. The van der Waals surface area contributed by atoms with Gasteiger partial charge in [-0.25, -0.2) is 17.2 Å². The van der Waals surface area contributed by atoms with Gasteiger partial charge in [-0.1, -0.05) is 6.07 Å². The molecule has 8 heteroatoms. The topological polar surface area (TPSA) is 83.0 Å². The van der Waals surface area contributed by atoms with Gasteiger partial charge in [0.05, 0.1) is 17.1 Å². The molecule has 2 heterocycles. The van der Waals surface area contributed by atoms with E-state index in [1.165, 1.54) is 6.20 Å². The number of pyridine rings is 1. The van der Waals surface area contributed by atoms with E-state index in [0.29, 0.717) is 16.6 Å². The van der Waals surface area contributed by atoms with Crippen LogP contribution in [0.3, 0.4) is 0 Å². The van der Waals surface area contributed by atoms with Crippen molar-refractivity contribution in [3.63, 3.8) is 0 Å². The van der Waals surface area contributed by atoms with Gasteiger partial charge in [-0.05, 0) is 18.2 Å². The van der Waals surface area contributed by atoms with Crippen LogP contribution in [-0.2, 0) is 9.84 Å². The second-order valence-corrected chi connectivity index (χ2v) is 7.73. The van der Waals surface area contributed by atoms with Gasteiger partial charge in [0.1, 0.15) is 15.9 Å². The number of aliphatic hydroxyl groups excluding tert-OH is 1. The number of rotatable bonds is 4. The van der Waals surface area contributed by atoms with Crippen molar-refractivity contribution in [2.45, 2.75) is 6.10 Å². The maximum absolute atomic E-state index is 13.7. The van der Waals surface area contributed by atoms with E-state index in [9.17, 15) is 22.3 Å². The summed E-state index contributed by atoms with van der Waals surface area (Å²) in [5.74, 6) is -2.60. The lowest BCUT2D eigenvalue weighted by Gasteiger charge is -2.11. The molecule has 1 atom stereocenters. The number of aromatic nitrogens is 2. The van der Waals surface area contributed by atoms with E-state index >= 15 is 0 Å². The molecule has 0 amide bonds. The van der Waals surface area contributed by atoms with Gasteiger partial charge in [0.2, 0.25) is 0 Å². The van der Waals surface area contributed by atoms with Crippen LogP contribution in [0.4, 0.5) is 8.78 Å². The van der Waals surface area contributed by atoms with Crippen molar-refractivity contribution in [3.05, 3.63) is 53.9 Å². The largest absolute Gasteiger partial charge is 0.386 e. The second kappa shape index (κ2) is 5.95. The van der Waals surface area contributed by atoms with E-state index in [4.69, 9.17) is 0 Å². The van der Waals surface area contributed by atoms with Crippen LogP contribution in [-0.4, -0.2) is 35.5 Å². The summed E-state index contributed by atoms with van der Waals surface area (Å²) in [6, 6.07) is 7.00. The number of benzene rings is 1. The molecule has 24 heavy (non-hydrogen) atoms. The molecule has 0 aliphatic carbocycles. The third-order valence-electron chi connectivity index (χ3n) is 3.58. The molecule has 3 rings (SSSR count). The third-order valence-corrected chi connectivity index (χ3v) is 4.50. The highest BCUT2D eigenvalue weighted by Crippen LogP contribution is 2.35. The Hall–Kier alpha value is -2.32. The molecule has 0 fully saturated rings. The van der Waals surface area contributed by atoms with E-state index < -0.39 is 33.3 Å². The van der Waals surface area contributed by atoms with Crippen LogP contribution in [0.1, 0.15) is 11.8 Å². The summed E-state index contributed by atoms with van der Waals surface area (Å²) in [6.07, 6.45) is 1.13. The number of nitrogens with zero attached hydrogens (tertiary/aromatic N) is 1. The van der Waals surface area contributed by atoms with Gasteiger partial charge in [-0.2, -0.15) is 0 Å². The maximum atomic E-state index is 13.7. The average Bonchev–Trinajstić information content (AvgIpc) is 2.85. The lowest BCUT2D eigenvalue weighted by Crippen LogP contribution is -2.13. The molecule has 1 aromatic carbocycles. The number of aromatic amines is 1. The van der Waals surface area contributed by atoms with E-state index in [-0.39, 0.29) is 11.2 Å². The third kappa shape index (κ3) is 3.15. The van der Waals surface area contributed by atoms with E-state index in [1.807, 2.05) is 0 Å². The molecule has 0 saturated heterocycles. The molecule has 2 N–H and O–H groups in total. The first-order valence-corrected chi connectivity index (χ1v) is 9.10. The number of fused-ring (bicyclic) bond motifs is 1. The summed E-state index contributed by atoms with van der Waals surface area (Å²) < 4.78 is 50.1. The Balaban J connectivity index is 2.28. The van der Waals surface area contributed by atoms with Gasteiger partial charge in [-0.15, -0.1) is 0 Å². The summed E-state index contributed by atoms with van der Waals surface area (Å²) in [4.78, 5) is 6.96. The Bertz CT molecular complexity index is 1000. The van der Waals surface area contributed by atoms with E-state index in [1.54, 1.807) is 18.2 Å². The number of nitrogens with one attached hydrogen (secondary N) is 1. The predicted octanol–water partition coefficient (Wildman–Crippen LogP) is 2.59. The summed E-state index contributed by atoms with van der Waals surface area (Å²) in [7, 11) is -3.46. The minimum atomic E-state index is -3.46. The molecule has 5 nitrogen and oxygen atoms in total. The lowest BCUT2D eigenvalue weighted by molar-refractivity contribution is 0.198. The molecule has 126 valence electrons. The van der Waals surface area contributed by atoms with Gasteiger partial charge in [0, 0.05) is 35.0 Å². The number of aliphatic hydroxyl groups is 1. The molecule has 0 spiro atoms. The zero-order valence-electron chi connectivity index (χ0n) is 12.6. The van der Waals surface area contributed by atoms with Crippen LogP contribution in [0, 0.1) is 11.6 Å². The fraction of sp³-hybridized carbons (Fsp3) is 0.188. The van der Waals surface area contributed by atoms with Crippen molar-refractivity contribution in [2.75, 3.05) is 12.0 Å². The SMILES string of the molecule is CS(=O)(=O)CC(O)c1[nH]c2cc(F)c(F)cc2c1-c1ccccn1. The zero-order chi connectivity index (χ0) is 17.5. The van der Waals surface area contributed by atoms with E-state index in [2.05, 4.69) is 9.97 Å². The molecule has 0 aliphatic rings. The minimum absolute atomic E-state index is 0.152. The van der Waals surface area contributed by atoms with Gasteiger partial charge >= 0.3 is 0 Å². The first kappa shape index (κ1) is 16.5. The zero-order valence-corrected chi connectivity index (χ0v) is 13.4. The van der Waals surface area contributed by atoms with Gasteiger partial charge in [-0.3, -0.25) is 4.98 Å². The molecule has 2 aromatic heterocycles. The Morgan fingerprint density at radius 1 is 1.25 bits per heavy atom. The summed E-state index contributed by atoms with van der Waals surface area (Å²) in [5, 5.41) is 10.6. The maximum Gasteiger partial charge on any atom is 0.160 e. The smallest absolute Gasteiger partial charge is 0.160 e. The fourth-order valence-electron chi connectivity index (χ4n) is 2.62. The summed E-state index contributed by atoms with van der Waals surface area (Å²) in [6.45, 7) is 0. The normalized spacial score (nSPS) is 13.3. The summed E-state index contributed by atoms with van der Waals surface area (Å²) in [5.41, 5.74) is 1.16. The fourth-order valence-corrected chi connectivity index (χ4v) is 3.36.